The topological polar surface area (TPSA) is 62.5 Å². The van der Waals surface area contributed by atoms with Crippen molar-refractivity contribution in [2.75, 3.05) is 6.54 Å². The molecule has 0 aliphatic carbocycles. The molecule has 2 N–H and O–H groups in total. The summed E-state index contributed by atoms with van der Waals surface area (Å²) in [6.07, 6.45) is 0.138. The number of aliphatic hydroxyl groups is 1. The summed E-state index contributed by atoms with van der Waals surface area (Å²) in [7, 11) is 0. The molecule has 0 spiro atoms. The lowest BCUT2D eigenvalue weighted by Crippen LogP contribution is -2.32. The molecule has 1 atom stereocenters. The van der Waals surface area contributed by atoms with Gasteiger partial charge in [-0.3, -0.25) is 4.79 Å². The van der Waals surface area contributed by atoms with Crippen LogP contribution in [0.1, 0.15) is 41.9 Å². The van der Waals surface area contributed by atoms with Crippen LogP contribution in [-0.4, -0.2) is 23.7 Å². The van der Waals surface area contributed by atoms with E-state index < -0.39 is 6.10 Å². The molecule has 1 aromatic heterocycles. The van der Waals surface area contributed by atoms with Gasteiger partial charge in [0, 0.05) is 17.5 Å². The molecule has 0 radical (unpaired) electrons. The molecule has 21 heavy (non-hydrogen) atoms. The zero-order valence-electron chi connectivity index (χ0n) is 13.1. The van der Waals surface area contributed by atoms with Gasteiger partial charge < -0.3 is 14.8 Å². The molecular formula is C17H23NO3. The van der Waals surface area contributed by atoms with Crippen LogP contribution in [0.2, 0.25) is 0 Å². The molecule has 0 aliphatic rings. The van der Waals surface area contributed by atoms with Gasteiger partial charge >= 0.3 is 0 Å². The molecule has 114 valence electrons. The molecule has 0 saturated carbocycles. The molecule has 1 heterocycles. The molecule has 1 aromatic carbocycles. The van der Waals surface area contributed by atoms with Crippen LogP contribution < -0.4 is 5.32 Å². The number of hydrogen-bond donors (Lipinski definition) is 2. The van der Waals surface area contributed by atoms with Crippen LogP contribution in [0, 0.1) is 19.8 Å². The van der Waals surface area contributed by atoms with E-state index in [4.69, 9.17) is 4.42 Å². The number of fused-ring (bicyclic) bond motifs is 1. The monoisotopic (exact) mass is 289 g/mol. The normalized spacial score (nSPS) is 12.9. The van der Waals surface area contributed by atoms with Gasteiger partial charge in [0.25, 0.3) is 5.91 Å². The number of carbonyl (C=O) groups excluding carboxylic acids is 1. The van der Waals surface area contributed by atoms with Gasteiger partial charge in [-0.05, 0) is 31.7 Å². The summed E-state index contributed by atoms with van der Waals surface area (Å²) in [6.45, 7) is 8.16. The number of hydrogen-bond acceptors (Lipinski definition) is 3. The van der Waals surface area contributed by atoms with Crippen LogP contribution in [0.3, 0.4) is 0 Å². The molecule has 0 bridgehead atoms. The van der Waals surface area contributed by atoms with Crippen molar-refractivity contribution in [3.63, 3.8) is 0 Å². The van der Waals surface area contributed by atoms with Crippen molar-refractivity contribution in [2.45, 2.75) is 40.2 Å². The highest BCUT2D eigenvalue weighted by Gasteiger charge is 2.19. The van der Waals surface area contributed by atoms with Crippen LogP contribution in [0.5, 0.6) is 0 Å². The molecule has 1 amide bonds. The average Bonchev–Trinajstić information content (AvgIpc) is 2.75. The van der Waals surface area contributed by atoms with Gasteiger partial charge in [-0.25, -0.2) is 0 Å². The summed E-state index contributed by atoms with van der Waals surface area (Å²) < 4.78 is 5.71. The molecule has 0 aliphatic heterocycles. The van der Waals surface area contributed by atoms with Gasteiger partial charge in [0.05, 0.1) is 6.10 Å². The van der Waals surface area contributed by atoms with Crippen LogP contribution in [0.15, 0.2) is 22.6 Å². The van der Waals surface area contributed by atoms with E-state index in [1.54, 1.807) is 0 Å². The zero-order chi connectivity index (χ0) is 15.6. The number of para-hydroxylation sites is 1. The number of furan rings is 1. The average molecular weight is 289 g/mol. The third kappa shape index (κ3) is 3.45. The van der Waals surface area contributed by atoms with Gasteiger partial charge in [-0.1, -0.05) is 32.0 Å². The Morgan fingerprint density at radius 3 is 2.67 bits per heavy atom. The zero-order valence-corrected chi connectivity index (χ0v) is 13.1. The maximum atomic E-state index is 12.2. The van der Waals surface area contributed by atoms with Crippen molar-refractivity contribution >= 4 is 16.9 Å². The maximum absolute atomic E-state index is 12.2. The Morgan fingerprint density at radius 1 is 1.33 bits per heavy atom. The Bertz CT molecular complexity index is 643. The maximum Gasteiger partial charge on any atom is 0.287 e. The van der Waals surface area contributed by atoms with Gasteiger partial charge in [0.15, 0.2) is 5.76 Å². The van der Waals surface area contributed by atoms with Crippen molar-refractivity contribution < 1.29 is 14.3 Å². The predicted octanol–water partition coefficient (Wildman–Crippen LogP) is 3.19. The summed E-state index contributed by atoms with van der Waals surface area (Å²) >= 11 is 0. The fourth-order valence-corrected chi connectivity index (χ4v) is 2.52. The van der Waals surface area contributed by atoms with E-state index in [1.165, 1.54) is 0 Å². The van der Waals surface area contributed by atoms with E-state index in [-0.39, 0.29) is 12.5 Å². The number of carbonyl (C=O) groups is 1. The Morgan fingerprint density at radius 2 is 2.05 bits per heavy atom. The fraction of sp³-hybridized carbons (Fsp3) is 0.471. The third-order valence-corrected chi connectivity index (χ3v) is 3.61. The quantitative estimate of drug-likeness (QED) is 0.888. The first-order chi connectivity index (χ1) is 9.90. The lowest BCUT2D eigenvalue weighted by molar-refractivity contribution is 0.0875. The van der Waals surface area contributed by atoms with Crippen molar-refractivity contribution in [3.05, 3.63) is 35.1 Å². The smallest absolute Gasteiger partial charge is 0.287 e. The van der Waals surface area contributed by atoms with E-state index in [9.17, 15) is 9.90 Å². The Balaban J connectivity index is 2.13. The summed E-state index contributed by atoms with van der Waals surface area (Å²) in [5.74, 6) is 0.453. The SMILES string of the molecule is Cc1c(C(=O)NCC(O)CC(C)C)oc2c(C)cccc12. The molecule has 0 fully saturated rings. The molecule has 0 saturated heterocycles. The Kier molecular flexibility index (Phi) is 4.68. The van der Waals surface area contributed by atoms with Gasteiger partial charge in [-0.15, -0.1) is 0 Å². The second-order valence-corrected chi connectivity index (χ2v) is 6.00. The van der Waals surface area contributed by atoms with Gasteiger partial charge in [0.2, 0.25) is 0 Å². The summed E-state index contributed by atoms with van der Waals surface area (Å²) in [4.78, 5) is 12.2. The Hall–Kier alpha value is -1.81. The predicted molar refractivity (Wildman–Crippen MR) is 83.5 cm³/mol. The second-order valence-electron chi connectivity index (χ2n) is 6.00. The molecule has 2 rings (SSSR count). The van der Waals surface area contributed by atoms with Gasteiger partial charge in [0.1, 0.15) is 5.58 Å². The number of amides is 1. The molecule has 4 nitrogen and oxygen atoms in total. The lowest BCUT2D eigenvalue weighted by Gasteiger charge is -2.13. The largest absolute Gasteiger partial charge is 0.450 e. The first-order valence-corrected chi connectivity index (χ1v) is 7.35. The highest BCUT2D eigenvalue weighted by Crippen LogP contribution is 2.27. The standard InChI is InChI=1S/C17H23NO3/c1-10(2)8-13(19)9-18-17(20)16-12(4)14-7-5-6-11(3)15(14)21-16/h5-7,10,13,19H,8-9H2,1-4H3,(H,18,20). The van der Waals surface area contributed by atoms with Crippen LogP contribution >= 0.6 is 0 Å². The number of rotatable bonds is 5. The first kappa shape index (κ1) is 15.6. The third-order valence-electron chi connectivity index (χ3n) is 3.61. The summed E-state index contributed by atoms with van der Waals surface area (Å²) in [5, 5.41) is 13.5. The van der Waals surface area contributed by atoms with Crippen molar-refractivity contribution in [3.8, 4) is 0 Å². The van der Waals surface area contributed by atoms with E-state index in [1.807, 2.05) is 45.9 Å². The minimum Gasteiger partial charge on any atom is -0.450 e. The molecular weight excluding hydrogens is 266 g/mol. The van der Waals surface area contributed by atoms with E-state index in [0.29, 0.717) is 18.1 Å². The molecule has 4 heteroatoms. The van der Waals surface area contributed by atoms with Crippen LogP contribution in [0.25, 0.3) is 11.0 Å². The van der Waals surface area contributed by atoms with E-state index in [2.05, 4.69) is 5.32 Å². The summed E-state index contributed by atoms with van der Waals surface area (Å²) in [6, 6.07) is 5.86. The second kappa shape index (κ2) is 6.31. The highest BCUT2D eigenvalue weighted by atomic mass is 16.3. The van der Waals surface area contributed by atoms with Crippen LogP contribution in [0.4, 0.5) is 0 Å². The Labute approximate surface area is 125 Å². The summed E-state index contributed by atoms with van der Waals surface area (Å²) in [5.41, 5.74) is 2.60. The molecule has 2 aromatic rings. The van der Waals surface area contributed by atoms with Crippen molar-refractivity contribution in [1.82, 2.24) is 5.32 Å². The molecule has 1 unspecified atom stereocenters. The van der Waals surface area contributed by atoms with E-state index >= 15 is 0 Å². The number of nitrogens with one attached hydrogen (secondary N) is 1. The first-order valence-electron chi connectivity index (χ1n) is 7.35. The highest BCUT2D eigenvalue weighted by molar-refractivity contribution is 5.99. The van der Waals surface area contributed by atoms with Gasteiger partial charge in [-0.2, -0.15) is 0 Å². The van der Waals surface area contributed by atoms with E-state index in [0.717, 1.165) is 22.1 Å². The number of benzene rings is 1. The number of aliphatic hydroxyl groups excluding tert-OH is 1. The fourth-order valence-electron chi connectivity index (χ4n) is 2.52. The van der Waals surface area contributed by atoms with Crippen LogP contribution in [-0.2, 0) is 0 Å². The number of aryl methyl sites for hydroxylation is 2. The lowest BCUT2D eigenvalue weighted by atomic mass is 10.1. The van der Waals surface area contributed by atoms with Crippen molar-refractivity contribution in [1.29, 1.82) is 0 Å². The minimum absolute atomic E-state index is 0.243. The van der Waals surface area contributed by atoms with Crippen molar-refractivity contribution in [2.24, 2.45) is 5.92 Å². The minimum atomic E-state index is -0.527.